The largest absolute Gasteiger partial charge is 0.497 e. The third-order valence-electron chi connectivity index (χ3n) is 2.76. The van der Waals surface area contributed by atoms with Crippen molar-refractivity contribution in [2.75, 3.05) is 11.8 Å². The average Bonchev–Trinajstić information content (AvgIpc) is 2.41. The second-order valence-corrected chi connectivity index (χ2v) is 6.79. The van der Waals surface area contributed by atoms with E-state index in [1.165, 1.54) is 7.11 Å². The highest BCUT2D eigenvalue weighted by Gasteiger charge is 2.15. The van der Waals surface area contributed by atoms with Gasteiger partial charge in [0.2, 0.25) is 0 Å². The molecule has 2 rings (SSSR count). The summed E-state index contributed by atoms with van der Waals surface area (Å²) in [6.07, 6.45) is 0. The number of rotatable bonds is 4. The van der Waals surface area contributed by atoms with Crippen molar-refractivity contribution in [2.45, 2.75) is 11.8 Å². The zero-order chi connectivity index (χ0) is 14.8. The van der Waals surface area contributed by atoms with Crippen LogP contribution in [0.2, 0.25) is 0 Å². The number of ether oxygens (including phenoxy) is 1. The van der Waals surface area contributed by atoms with Crippen molar-refractivity contribution in [3.05, 3.63) is 52.5 Å². The van der Waals surface area contributed by atoms with Gasteiger partial charge < -0.3 is 4.74 Å². The minimum Gasteiger partial charge on any atom is -0.497 e. The van der Waals surface area contributed by atoms with Crippen LogP contribution in [0.15, 0.2) is 51.8 Å². The molecule has 0 saturated carbocycles. The van der Waals surface area contributed by atoms with Crippen LogP contribution in [0.3, 0.4) is 0 Å². The minimum atomic E-state index is -3.60. The van der Waals surface area contributed by atoms with Crippen molar-refractivity contribution in [2.24, 2.45) is 0 Å². The number of sulfonamides is 1. The zero-order valence-corrected chi connectivity index (χ0v) is 13.5. The molecule has 4 nitrogen and oxygen atoms in total. The molecule has 20 heavy (non-hydrogen) atoms. The van der Waals surface area contributed by atoms with E-state index >= 15 is 0 Å². The molecule has 0 aliphatic rings. The number of aryl methyl sites for hydroxylation is 1. The highest BCUT2D eigenvalue weighted by atomic mass is 79.9. The third-order valence-corrected chi connectivity index (χ3v) is 5.03. The predicted molar refractivity (Wildman–Crippen MR) is 82.7 cm³/mol. The smallest absolute Gasteiger partial charge is 0.261 e. The summed E-state index contributed by atoms with van der Waals surface area (Å²) in [5.41, 5.74) is 1.32. The Morgan fingerprint density at radius 3 is 2.55 bits per heavy atom. The second-order valence-electron chi connectivity index (χ2n) is 4.25. The van der Waals surface area contributed by atoms with E-state index in [1.54, 1.807) is 42.5 Å². The van der Waals surface area contributed by atoms with Crippen LogP contribution in [-0.2, 0) is 10.0 Å². The Bertz CT molecular complexity index is 729. The van der Waals surface area contributed by atoms with Gasteiger partial charge in [-0.2, -0.15) is 0 Å². The Morgan fingerprint density at radius 2 is 1.90 bits per heavy atom. The fraction of sp³-hybridized carbons (Fsp3) is 0.143. The summed E-state index contributed by atoms with van der Waals surface area (Å²) in [6.45, 7) is 1.84. The lowest BCUT2D eigenvalue weighted by Gasteiger charge is -2.10. The molecule has 0 atom stereocenters. The molecule has 0 aliphatic heterocycles. The maximum atomic E-state index is 12.3. The lowest BCUT2D eigenvalue weighted by molar-refractivity contribution is 0.415. The fourth-order valence-corrected chi connectivity index (χ4v) is 3.07. The summed E-state index contributed by atoms with van der Waals surface area (Å²) in [7, 11) is -2.07. The van der Waals surface area contributed by atoms with Gasteiger partial charge in [0.15, 0.2) is 0 Å². The Kier molecular flexibility index (Phi) is 4.35. The number of nitrogens with one attached hydrogen (secondary N) is 1. The van der Waals surface area contributed by atoms with Crippen LogP contribution in [0.4, 0.5) is 5.69 Å². The number of anilines is 1. The molecule has 0 aliphatic carbocycles. The molecule has 106 valence electrons. The quantitative estimate of drug-likeness (QED) is 0.911. The van der Waals surface area contributed by atoms with Gasteiger partial charge in [0, 0.05) is 10.5 Å². The van der Waals surface area contributed by atoms with E-state index < -0.39 is 10.0 Å². The summed E-state index contributed by atoms with van der Waals surface area (Å²) in [4.78, 5) is 0.223. The second kappa shape index (κ2) is 5.85. The Morgan fingerprint density at radius 1 is 1.15 bits per heavy atom. The highest BCUT2D eigenvalue weighted by Crippen LogP contribution is 2.23. The van der Waals surface area contributed by atoms with Crippen molar-refractivity contribution in [1.29, 1.82) is 0 Å². The first-order valence-corrected chi connectivity index (χ1v) is 8.13. The maximum Gasteiger partial charge on any atom is 0.261 e. The molecule has 0 unspecified atom stereocenters. The average molecular weight is 356 g/mol. The van der Waals surface area contributed by atoms with Gasteiger partial charge in [0.25, 0.3) is 10.0 Å². The summed E-state index contributed by atoms with van der Waals surface area (Å²) >= 11 is 3.35. The molecular formula is C14H14BrNO3S. The van der Waals surface area contributed by atoms with Crippen LogP contribution in [0, 0.1) is 6.92 Å². The van der Waals surface area contributed by atoms with Crippen molar-refractivity contribution >= 4 is 31.6 Å². The minimum absolute atomic E-state index is 0.223. The molecule has 0 heterocycles. The number of hydrogen-bond donors (Lipinski definition) is 1. The Hall–Kier alpha value is -1.53. The van der Waals surface area contributed by atoms with Crippen LogP contribution in [0.25, 0.3) is 0 Å². The molecule has 2 aromatic carbocycles. The normalized spacial score (nSPS) is 11.2. The van der Waals surface area contributed by atoms with Crippen LogP contribution in [0.5, 0.6) is 5.75 Å². The van der Waals surface area contributed by atoms with Gasteiger partial charge in [0.05, 0.1) is 17.7 Å². The fourth-order valence-electron chi connectivity index (χ4n) is 1.68. The number of methoxy groups -OCH3 is 1. The Labute approximate surface area is 127 Å². The summed E-state index contributed by atoms with van der Waals surface area (Å²) < 4.78 is 33.1. The van der Waals surface area contributed by atoms with Crippen molar-refractivity contribution in [3.63, 3.8) is 0 Å². The number of hydrogen-bond acceptors (Lipinski definition) is 3. The first-order valence-electron chi connectivity index (χ1n) is 5.85. The summed E-state index contributed by atoms with van der Waals surface area (Å²) in [5, 5.41) is 0. The SMILES string of the molecule is COc1cccc(NS(=O)(=O)c2ccc(Br)c(C)c2)c1. The molecule has 0 amide bonds. The molecule has 0 aromatic heterocycles. The molecule has 0 bridgehead atoms. The van der Waals surface area contributed by atoms with Crippen LogP contribution >= 0.6 is 15.9 Å². The van der Waals surface area contributed by atoms with Gasteiger partial charge in [-0.3, -0.25) is 4.72 Å². The zero-order valence-electron chi connectivity index (χ0n) is 11.1. The highest BCUT2D eigenvalue weighted by molar-refractivity contribution is 9.10. The lowest BCUT2D eigenvalue weighted by atomic mass is 10.2. The molecule has 1 N–H and O–H groups in total. The van der Waals surface area contributed by atoms with Gasteiger partial charge in [-0.15, -0.1) is 0 Å². The maximum absolute atomic E-state index is 12.3. The number of benzene rings is 2. The lowest BCUT2D eigenvalue weighted by Crippen LogP contribution is -2.13. The van der Waals surface area contributed by atoms with Crippen LogP contribution < -0.4 is 9.46 Å². The first kappa shape index (κ1) is 14.9. The topological polar surface area (TPSA) is 55.4 Å². The van der Waals surface area contributed by atoms with Gasteiger partial charge in [-0.05, 0) is 42.8 Å². The molecule has 0 spiro atoms. The third kappa shape index (κ3) is 3.32. The molecule has 0 fully saturated rings. The van der Waals surface area contributed by atoms with E-state index in [0.29, 0.717) is 11.4 Å². The van der Waals surface area contributed by atoms with E-state index in [-0.39, 0.29) is 4.90 Å². The molecule has 6 heteroatoms. The molecular weight excluding hydrogens is 342 g/mol. The monoisotopic (exact) mass is 355 g/mol. The predicted octanol–water partition coefficient (Wildman–Crippen LogP) is 3.57. The van der Waals surface area contributed by atoms with Crippen LogP contribution in [-0.4, -0.2) is 15.5 Å². The summed E-state index contributed by atoms with van der Waals surface area (Å²) in [6, 6.07) is 11.7. The van der Waals surface area contributed by atoms with Crippen molar-refractivity contribution in [1.82, 2.24) is 0 Å². The van der Waals surface area contributed by atoms with E-state index in [0.717, 1.165) is 10.0 Å². The van der Waals surface area contributed by atoms with Crippen LogP contribution in [0.1, 0.15) is 5.56 Å². The van der Waals surface area contributed by atoms with E-state index in [1.807, 2.05) is 6.92 Å². The van der Waals surface area contributed by atoms with Crippen molar-refractivity contribution < 1.29 is 13.2 Å². The molecule has 0 saturated heterocycles. The van der Waals surface area contributed by atoms with Gasteiger partial charge in [-0.1, -0.05) is 22.0 Å². The summed E-state index contributed by atoms with van der Waals surface area (Å²) in [5.74, 6) is 0.595. The van der Waals surface area contributed by atoms with E-state index in [9.17, 15) is 8.42 Å². The van der Waals surface area contributed by atoms with Gasteiger partial charge >= 0.3 is 0 Å². The first-order chi connectivity index (χ1) is 9.42. The molecule has 0 radical (unpaired) electrons. The molecule has 2 aromatic rings. The van der Waals surface area contributed by atoms with Gasteiger partial charge in [-0.25, -0.2) is 8.42 Å². The van der Waals surface area contributed by atoms with Gasteiger partial charge in [0.1, 0.15) is 5.75 Å². The van der Waals surface area contributed by atoms with Crippen molar-refractivity contribution in [3.8, 4) is 5.75 Å². The Balaban J connectivity index is 2.32. The standard InChI is InChI=1S/C14H14BrNO3S/c1-10-8-13(6-7-14(10)15)20(17,18)16-11-4-3-5-12(9-11)19-2/h3-9,16H,1-2H3. The van der Waals surface area contributed by atoms with E-state index in [4.69, 9.17) is 4.74 Å². The van der Waals surface area contributed by atoms with E-state index in [2.05, 4.69) is 20.7 Å². The number of halogens is 1.